The van der Waals surface area contributed by atoms with E-state index in [9.17, 15) is 8.42 Å². The third-order valence-corrected chi connectivity index (χ3v) is 7.81. The molecule has 0 unspecified atom stereocenters. The molecule has 2 aromatic carbocycles. The van der Waals surface area contributed by atoms with Crippen LogP contribution in [-0.4, -0.2) is 43.6 Å². The van der Waals surface area contributed by atoms with Crippen LogP contribution in [0.25, 0.3) is 10.9 Å². The average Bonchev–Trinajstić information content (AvgIpc) is 3.49. The van der Waals surface area contributed by atoms with Crippen molar-refractivity contribution in [1.82, 2.24) is 9.29 Å². The number of para-hydroxylation sites is 1. The van der Waals surface area contributed by atoms with Crippen molar-refractivity contribution in [1.29, 1.82) is 0 Å². The van der Waals surface area contributed by atoms with Crippen molar-refractivity contribution < 1.29 is 17.9 Å². The number of hydrogen-bond donors (Lipinski definition) is 0. The highest BCUT2D eigenvalue weighted by atomic mass is 32.2. The van der Waals surface area contributed by atoms with Gasteiger partial charge in [-0.05, 0) is 49.1 Å². The summed E-state index contributed by atoms with van der Waals surface area (Å²) in [6.45, 7) is 2.48. The highest BCUT2D eigenvalue weighted by molar-refractivity contribution is 7.89. The van der Waals surface area contributed by atoms with Crippen molar-refractivity contribution in [2.75, 3.05) is 19.8 Å². The molecule has 2 fully saturated rings. The largest absolute Gasteiger partial charge is 0.493 e. The van der Waals surface area contributed by atoms with E-state index in [1.165, 1.54) is 0 Å². The lowest BCUT2D eigenvalue weighted by molar-refractivity contribution is 0.167. The van der Waals surface area contributed by atoms with Crippen LogP contribution < -0.4 is 4.74 Å². The van der Waals surface area contributed by atoms with Crippen LogP contribution >= 0.6 is 0 Å². The van der Waals surface area contributed by atoms with Crippen molar-refractivity contribution in [3.05, 3.63) is 66.4 Å². The van der Waals surface area contributed by atoms with Crippen LogP contribution in [0.5, 0.6) is 5.75 Å². The number of rotatable bonds is 8. The Kier molecular flexibility index (Phi) is 5.65. The number of aromatic nitrogens is 1. The summed E-state index contributed by atoms with van der Waals surface area (Å²) in [5.41, 5.74) is 1.44. The summed E-state index contributed by atoms with van der Waals surface area (Å²) < 4.78 is 40.3. The van der Waals surface area contributed by atoms with Crippen LogP contribution in [0, 0.1) is 5.92 Å². The maximum atomic E-state index is 13.7. The van der Waals surface area contributed by atoms with Crippen LogP contribution in [0.2, 0.25) is 0 Å². The molecule has 6 nitrogen and oxygen atoms in total. The van der Waals surface area contributed by atoms with Gasteiger partial charge in [0, 0.05) is 36.7 Å². The van der Waals surface area contributed by atoms with Gasteiger partial charge < -0.3 is 9.47 Å². The first-order chi connectivity index (χ1) is 15.1. The smallest absolute Gasteiger partial charge is 0.245 e. The molecule has 5 rings (SSSR count). The molecule has 0 radical (unpaired) electrons. The van der Waals surface area contributed by atoms with E-state index in [1.807, 2.05) is 42.5 Å². The Labute approximate surface area is 182 Å². The van der Waals surface area contributed by atoms with Gasteiger partial charge in [-0.1, -0.05) is 30.3 Å². The molecule has 1 atom stereocenters. The van der Waals surface area contributed by atoms with Gasteiger partial charge in [-0.3, -0.25) is 4.98 Å². The van der Waals surface area contributed by atoms with E-state index < -0.39 is 10.0 Å². The summed E-state index contributed by atoms with van der Waals surface area (Å²) >= 11 is 0. The molecular formula is C24H26N2O4S. The summed E-state index contributed by atoms with van der Waals surface area (Å²) in [7, 11) is -3.69. The lowest BCUT2D eigenvalue weighted by Gasteiger charge is -2.23. The topological polar surface area (TPSA) is 68.7 Å². The normalized spacial score (nSPS) is 19.2. The number of ether oxygens (including phenoxy) is 2. The Balaban J connectivity index is 1.39. The van der Waals surface area contributed by atoms with Gasteiger partial charge in [0.25, 0.3) is 0 Å². The average molecular weight is 439 g/mol. The number of pyridine rings is 1. The van der Waals surface area contributed by atoms with Gasteiger partial charge in [0.1, 0.15) is 10.6 Å². The maximum absolute atomic E-state index is 13.7. The predicted octanol–water partition coefficient (Wildman–Crippen LogP) is 4.00. The fourth-order valence-electron chi connectivity index (χ4n) is 4.03. The van der Waals surface area contributed by atoms with E-state index in [0.717, 1.165) is 49.2 Å². The fraction of sp³-hybridized carbons (Fsp3) is 0.375. The standard InChI is InChI=1S/C24H26N2O4S/c27-31(28,23-8-2-5-20-6-3-12-25-24(20)23)26(21-9-10-21)15-18-4-1-7-22(14-18)30-17-19-11-13-29-16-19/h1-8,12,14,19,21H,9-11,13,15-17H2/t19-/m0/s1. The summed E-state index contributed by atoms with van der Waals surface area (Å²) in [5.74, 6) is 1.19. The van der Waals surface area contributed by atoms with E-state index in [1.54, 1.807) is 22.6 Å². The molecule has 3 aromatic rings. The monoisotopic (exact) mass is 438 g/mol. The van der Waals surface area contributed by atoms with Crippen molar-refractivity contribution in [3.8, 4) is 5.75 Å². The van der Waals surface area contributed by atoms with E-state index in [0.29, 0.717) is 24.6 Å². The number of fused-ring (bicyclic) bond motifs is 1. The third-order valence-electron chi connectivity index (χ3n) is 5.88. The van der Waals surface area contributed by atoms with E-state index in [4.69, 9.17) is 9.47 Å². The molecule has 1 aliphatic heterocycles. The molecule has 7 heteroatoms. The Morgan fingerprint density at radius 3 is 2.71 bits per heavy atom. The second kappa shape index (κ2) is 8.57. The van der Waals surface area contributed by atoms with E-state index >= 15 is 0 Å². The molecule has 162 valence electrons. The van der Waals surface area contributed by atoms with Gasteiger partial charge in [-0.15, -0.1) is 0 Å². The van der Waals surface area contributed by atoms with Crippen LogP contribution in [0.3, 0.4) is 0 Å². The van der Waals surface area contributed by atoms with Gasteiger partial charge in [-0.25, -0.2) is 8.42 Å². The molecule has 0 spiro atoms. The molecule has 1 aliphatic carbocycles. The first-order valence-corrected chi connectivity index (χ1v) is 12.2. The quantitative estimate of drug-likeness (QED) is 0.532. The van der Waals surface area contributed by atoms with Gasteiger partial charge in [0.2, 0.25) is 10.0 Å². The zero-order valence-electron chi connectivity index (χ0n) is 17.3. The summed E-state index contributed by atoms with van der Waals surface area (Å²) in [4.78, 5) is 4.63. The Hall–Kier alpha value is -2.48. The molecule has 2 heterocycles. The summed E-state index contributed by atoms with van der Waals surface area (Å²) in [6, 6.07) is 16.8. The van der Waals surface area contributed by atoms with Crippen LogP contribution in [0.15, 0.2) is 65.7 Å². The molecule has 0 amide bonds. The Bertz CT molecular complexity index is 1170. The van der Waals surface area contributed by atoms with Crippen LogP contribution in [0.4, 0.5) is 0 Å². The minimum Gasteiger partial charge on any atom is -0.493 e. The molecule has 1 saturated carbocycles. The Morgan fingerprint density at radius 2 is 1.90 bits per heavy atom. The third kappa shape index (κ3) is 4.44. The highest BCUT2D eigenvalue weighted by Gasteiger charge is 2.39. The van der Waals surface area contributed by atoms with Crippen LogP contribution in [-0.2, 0) is 21.3 Å². The first kappa shape index (κ1) is 20.4. The van der Waals surface area contributed by atoms with Gasteiger partial charge in [0.05, 0.1) is 18.7 Å². The number of hydrogen-bond acceptors (Lipinski definition) is 5. The lowest BCUT2D eigenvalue weighted by atomic mass is 10.1. The molecule has 31 heavy (non-hydrogen) atoms. The van der Waals surface area contributed by atoms with Crippen molar-refractivity contribution >= 4 is 20.9 Å². The van der Waals surface area contributed by atoms with E-state index in [2.05, 4.69) is 4.98 Å². The second-order valence-electron chi connectivity index (χ2n) is 8.30. The number of benzene rings is 2. The van der Waals surface area contributed by atoms with Gasteiger partial charge in [0.15, 0.2) is 0 Å². The molecule has 2 aliphatic rings. The second-order valence-corrected chi connectivity index (χ2v) is 10.2. The molecule has 0 N–H and O–H groups in total. The predicted molar refractivity (Wildman–Crippen MR) is 118 cm³/mol. The Morgan fingerprint density at radius 1 is 1.06 bits per heavy atom. The number of sulfonamides is 1. The highest BCUT2D eigenvalue weighted by Crippen LogP contribution is 2.35. The lowest BCUT2D eigenvalue weighted by Crippen LogP contribution is -2.33. The maximum Gasteiger partial charge on any atom is 0.245 e. The molecule has 1 saturated heterocycles. The van der Waals surface area contributed by atoms with Crippen LogP contribution in [0.1, 0.15) is 24.8 Å². The summed E-state index contributed by atoms with van der Waals surface area (Å²) in [6.07, 6.45) is 4.43. The zero-order valence-corrected chi connectivity index (χ0v) is 18.1. The SMILES string of the molecule is O=S(=O)(c1cccc2cccnc12)N(Cc1cccc(OC[C@H]2CCOC2)c1)C1CC1. The minimum atomic E-state index is -3.69. The van der Waals surface area contributed by atoms with Crippen molar-refractivity contribution in [2.24, 2.45) is 5.92 Å². The van der Waals surface area contributed by atoms with Gasteiger partial charge >= 0.3 is 0 Å². The summed E-state index contributed by atoms with van der Waals surface area (Å²) in [5, 5.41) is 0.825. The van der Waals surface area contributed by atoms with Crippen molar-refractivity contribution in [2.45, 2.75) is 36.7 Å². The van der Waals surface area contributed by atoms with Crippen molar-refractivity contribution in [3.63, 3.8) is 0 Å². The van der Waals surface area contributed by atoms with E-state index in [-0.39, 0.29) is 10.9 Å². The molecular weight excluding hydrogens is 412 g/mol. The minimum absolute atomic E-state index is 0.0316. The molecule has 1 aromatic heterocycles. The fourth-order valence-corrected chi connectivity index (χ4v) is 5.87. The van der Waals surface area contributed by atoms with Gasteiger partial charge in [-0.2, -0.15) is 4.31 Å². The first-order valence-electron chi connectivity index (χ1n) is 10.8. The molecule has 0 bridgehead atoms. The number of nitrogens with zero attached hydrogens (tertiary/aromatic N) is 2. The zero-order chi connectivity index (χ0) is 21.3.